The van der Waals surface area contributed by atoms with Gasteiger partial charge in [0.25, 0.3) is 0 Å². The van der Waals surface area contributed by atoms with E-state index in [9.17, 15) is 9.90 Å². The first-order chi connectivity index (χ1) is 11.0. The third-order valence-corrected chi connectivity index (χ3v) is 4.52. The summed E-state index contributed by atoms with van der Waals surface area (Å²) < 4.78 is 0. The van der Waals surface area contributed by atoms with Crippen molar-refractivity contribution in [3.05, 3.63) is 36.0 Å². The van der Waals surface area contributed by atoms with Gasteiger partial charge in [0.05, 0.1) is 17.3 Å². The van der Waals surface area contributed by atoms with Gasteiger partial charge in [0.15, 0.2) is 0 Å². The number of pyridine rings is 1. The summed E-state index contributed by atoms with van der Waals surface area (Å²) >= 11 is 0. The lowest BCUT2D eigenvalue weighted by Gasteiger charge is -2.34. The topological polar surface area (TPSA) is 65.5 Å². The van der Waals surface area contributed by atoms with E-state index < -0.39 is 0 Å². The summed E-state index contributed by atoms with van der Waals surface area (Å²) in [6.45, 7) is 5.13. The highest BCUT2D eigenvalue weighted by Crippen LogP contribution is 2.25. The Labute approximate surface area is 136 Å². The molecule has 2 unspecified atom stereocenters. The lowest BCUT2D eigenvalue weighted by molar-refractivity contribution is 0.0766. The van der Waals surface area contributed by atoms with Crippen LogP contribution in [0, 0.1) is 12.8 Å². The maximum atomic E-state index is 12.6. The maximum Gasteiger partial charge on any atom is 0.321 e. The average molecular weight is 313 g/mol. The van der Waals surface area contributed by atoms with Crippen molar-refractivity contribution in [3.8, 4) is 0 Å². The number of nitrogens with one attached hydrogen (secondary N) is 1. The van der Waals surface area contributed by atoms with Gasteiger partial charge in [-0.15, -0.1) is 0 Å². The molecule has 1 aliphatic rings. The molecule has 2 heterocycles. The van der Waals surface area contributed by atoms with Crippen LogP contribution in [-0.4, -0.2) is 40.2 Å². The van der Waals surface area contributed by atoms with Crippen LogP contribution in [0.3, 0.4) is 0 Å². The van der Waals surface area contributed by atoms with Crippen LogP contribution in [-0.2, 0) is 0 Å². The summed E-state index contributed by atoms with van der Waals surface area (Å²) in [7, 11) is 0. The van der Waals surface area contributed by atoms with Crippen LogP contribution in [0.15, 0.2) is 30.5 Å². The molecule has 1 aromatic carbocycles. The Morgan fingerprint density at radius 2 is 2.30 bits per heavy atom. The van der Waals surface area contributed by atoms with E-state index in [1.807, 2.05) is 25.1 Å². The van der Waals surface area contributed by atoms with Gasteiger partial charge in [-0.1, -0.05) is 6.07 Å². The van der Waals surface area contributed by atoms with E-state index >= 15 is 0 Å². The Balaban J connectivity index is 1.80. The number of hydrogen-bond acceptors (Lipinski definition) is 3. The minimum absolute atomic E-state index is 0.118. The zero-order chi connectivity index (χ0) is 16.4. The van der Waals surface area contributed by atoms with E-state index in [2.05, 4.69) is 16.4 Å². The fraction of sp³-hybridized carbons (Fsp3) is 0.444. The molecule has 3 rings (SSSR count). The number of aryl methyl sites for hydroxylation is 1. The van der Waals surface area contributed by atoms with E-state index in [1.54, 1.807) is 18.0 Å². The fourth-order valence-electron chi connectivity index (χ4n) is 3.22. The molecule has 5 heteroatoms. The van der Waals surface area contributed by atoms with Gasteiger partial charge in [-0.25, -0.2) is 4.79 Å². The van der Waals surface area contributed by atoms with Crippen LogP contribution in [0.2, 0.25) is 0 Å². The molecule has 0 spiro atoms. The number of anilines is 1. The second kappa shape index (κ2) is 6.54. The number of piperidine rings is 1. The summed E-state index contributed by atoms with van der Waals surface area (Å²) in [5.74, 6) is 0.155. The second-order valence-electron chi connectivity index (χ2n) is 6.41. The Bertz CT molecular complexity index is 714. The number of aromatic nitrogens is 1. The van der Waals surface area contributed by atoms with E-state index in [0.29, 0.717) is 6.54 Å². The van der Waals surface area contributed by atoms with Crippen molar-refractivity contribution in [2.45, 2.75) is 32.8 Å². The second-order valence-corrected chi connectivity index (χ2v) is 6.41. The number of carbonyl (C=O) groups is 1. The number of benzene rings is 1. The van der Waals surface area contributed by atoms with Crippen molar-refractivity contribution in [2.75, 3.05) is 18.4 Å². The van der Waals surface area contributed by atoms with Crippen LogP contribution >= 0.6 is 0 Å². The molecule has 0 bridgehead atoms. The van der Waals surface area contributed by atoms with E-state index in [1.165, 1.54) is 0 Å². The molecule has 1 saturated heterocycles. The summed E-state index contributed by atoms with van der Waals surface area (Å²) in [5.41, 5.74) is 2.63. The summed E-state index contributed by atoms with van der Waals surface area (Å²) in [6.07, 6.45) is 3.25. The highest BCUT2D eigenvalue weighted by atomic mass is 16.3. The van der Waals surface area contributed by atoms with Crippen molar-refractivity contribution in [2.24, 2.45) is 5.92 Å². The minimum atomic E-state index is -0.382. The summed E-state index contributed by atoms with van der Waals surface area (Å²) in [4.78, 5) is 18.8. The van der Waals surface area contributed by atoms with Crippen molar-refractivity contribution in [3.63, 3.8) is 0 Å². The van der Waals surface area contributed by atoms with Crippen LogP contribution in [0.5, 0.6) is 0 Å². The first-order valence-corrected chi connectivity index (χ1v) is 8.14. The third kappa shape index (κ3) is 3.45. The molecule has 2 N–H and O–H groups in total. The normalized spacial score (nSPS) is 19.6. The number of aliphatic hydroxyl groups is 1. The number of amides is 2. The van der Waals surface area contributed by atoms with Gasteiger partial charge in [0.1, 0.15) is 0 Å². The molecule has 2 amide bonds. The molecule has 1 fully saturated rings. The van der Waals surface area contributed by atoms with Gasteiger partial charge in [0, 0.05) is 30.6 Å². The molecular formula is C18H23N3O2. The number of fused-ring (bicyclic) bond motifs is 1. The van der Waals surface area contributed by atoms with Crippen LogP contribution in [0.1, 0.15) is 25.3 Å². The first kappa shape index (κ1) is 15.7. The molecule has 23 heavy (non-hydrogen) atoms. The monoisotopic (exact) mass is 313 g/mol. The van der Waals surface area contributed by atoms with Gasteiger partial charge in [-0.2, -0.15) is 0 Å². The van der Waals surface area contributed by atoms with E-state index in [0.717, 1.165) is 41.5 Å². The maximum absolute atomic E-state index is 12.6. The molecule has 1 aromatic heterocycles. The number of rotatable bonds is 2. The Kier molecular flexibility index (Phi) is 4.48. The van der Waals surface area contributed by atoms with E-state index in [4.69, 9.17) is 0 Å². The average Bonchev–Trinajstić information content (AvgIpc) is 2.54. The smallest absolute Gasteiger partial charge is 0.321 e. The number of aliphatic hydroxyl groups excluding tert-OH is 1. The molecule has 122 valence electrons. The molecule has 0 radical (unpaired) electrons. The predicted molar refractivity (Wildman–Crippen MR) is 91.5 cm³/mol. The first-order valence-electron chi connectivity index (χ1n) is 8.14. The summed E-state index contributed by atoms with van der Waals surface area (Å²) in [5, 5.41) is 13.8. The molecule has 1 aliphatic heterocycles. The zero-order valence-electron chi connectivity index (χ0n) is 13.6. The lowest BCUT2D eigenvalue weighted by atomic mass is 9.94. The third-order valence-electron chi connectivity index (χ3n) is 4.52. The molecular weight excluding hydrogens is 290 g/mol. The van der Waals surface area contributed by atoms with E-state index in [-0.39, 0.29) is 18.1 Å². The van der Waals surface area contributed by atoms with Gasteiger partial charge < -0.3 is 15.3 Å². The van der Waals surface area contributed by atoms with Gasteiger partial charge in [-0.05, 0) is 50.5 Å². The highest BCUT2D eigenvalue weighted by molar-refractivity contribution is 6.00. The van der Waals surface area contributed by atoms with Crippen molar-refractivity contribution >= 4 is 22.6 Å². The van der Waals surface area contributed by atoms with Crippen LogP contribution in [0.25, 0.3) is 10.9 Å². The largest absolute Gasteiger partial charge is 0.393 e. The van der Waals surface area contributed by atoms with Gasteiger partial charge in [0.2, 0.25) is 0 Å². The molecule has 2 aromatic rings. The van der Waals surface area contributed by atoms with Crippen molar-refractivity contribution in [1.29, 1.82) is 0 Å². The van der Waals surface area contributed by atoms with Crippen LogP contribution < -0.4 is 5.32 Å². The van der Waals surface area contributed by atoms with Crippen molar-refractivity contribution < 1.29 is 9.90 Å². The number of likely N-dealkylation sites (tertiary alicyclic amines) is 1. The summed E-state index contributed by atoms with van der Waals surface area (Å²) in [6, 6.07) is 7.78. The highest BCUT2D eigenvalue weighted by Gasteiger charge is 2.26. The van der Waals surface area contributed by atoms with Gasteiger partial charge in [-0.3, -0.25) is 4.98 Å². The Morgan fingerprint density at radius 1 is 1.48 bits per heavy atom. The number of carbonyl (C=O) groups excluding carboxylic acids is 1. The standard InChI is InChI=1S/C18H23N3O2/c1-12-9-14-5-3-7-19-17(14)16(10-12)20-18(23)21-8-4-6-15(11-21)13(2)22/h3,5,7,9-10,13,15,22H,4,6,8,11H2,1-2H3,(H,20,23). The van der Waals surface area contributed by atoms with Crippen LogP contribution in [0.4, 0.5) is 10.5 Å². The minimum Gasteiger partial charge on any atom is -0.393 e. The number of hydrogen-bond donors (Lipinski definition) is 2. The Morgan fingerprint density at radius 3 is 3.09 bits per heavy atom. The molecule has 0 aliphatic carbocycles. The predicted octanol–water partition coefficient (Wildman–Crippen LogP) is 3.17. The van der Waals surface area contributed by atoms with Crippen molar-refractivity contribution in [1.82, 2.24) is 9.88 Å². The number of urea groups is 1. The molecule has 0 saturated carbocycles. The SMILES string of the molecule is Cc1cc(NC(=O)N2CCCC(C(C)O)C2)c2ncccc2c1. The zero-order valence-corrected chi connectivity index (χ0v) is 13.6. The quantitative estimate of drug-likeness (QED) is 0.895. The lowest BCUT2D eigenvalue weighted by Crippen LogP contribution is -2.44. The fourth-order valence-corrected chi connectivity index (χ4v) is 3.22. The number of nitrogens with zero attached hydrogens (tertiary/aromatic N) is 2. The molecule has 5 nitrogen and oxygen atoms in total. The Hall–Kier alpha value is -2.14. The van der Waals surface area contributed by atoms with Gasteiger partial charge >= 0.3 is 6.03 Å². The molecule has 2 atom stereocenters.